The van der Waals surface area contributed by atoms with E-state index in [4.69, 9.17) is 27.9 Å². The third kappa shape index (κ3) is 4.10. The predicted octanol–water partition coefficient (Wildman–Crippen LogP) is 1.42. The first-order valence-corrected chi connectivity index (χ1v) is 8.69. The van der Waals surface area contributed by atoms with Gasteiger partial charge in [0.05, 0.1) is 31.0 Å². The fraction of sp³-hybridized carbons (Fsp3) is 0.400. The Bertz CT molecular complexity index is 733. The molecule has 1 aromatic carbocycles. The van der Waals surface area contributed by atoms with Crippen LogP contribution in [0.2, 0.25) is 0 Å². The van der Waals surface area contributed by atoms with Gasteiger partial charge in [-0.15, -0.1) is 0 Å². The number of halogens is 3. The molecule has 0 saturated carbocycles. The first-order chi connectivity index (χ1) is 12.5. The van der Waals surface area contributed by atoms with Crippen molar-refractivity contribution in [3.8, 4) is 0 Å². The zero-order chi connectivity index (χ0) is 18.7. The van der Waals surface area contributed by atoms with Crippen LogP contribution in [-0.4, -0.2) is 55.5 Å². The molecule has 2 N–H and O–H groups in total. The highest BCUT2D eigenvalue weighted by Gasteiger charge is 2.33. The Hall–Kier alpha value is -2.26. The van der Waals surface area contributed by atoms with E-state index in [1.54, 1.807) is 17.0 Å². The Morgan fingerprint density at radius 3 is 2.96 bits per heavy atom. The Morgan fingerprint density at radius 1 is 1.50 bits per heavy atom. The zero-order valence-corrected chi connectivity index (χ0v) is 15.0. The molecule has 2 amide bonds. The van der Waals surface area contributed by atoms with Crippen molar-refractivity contribution in [3.05, 3.63) is 24.0 Å². The van der Waals surface area contributed by atoms with Gasteiger partial charge in [0.15, 0.2) is 4.84 Å². The van der Waals surface area contributed by atoms with Gasteiger partial charge in [0.25, 0.3) is 5.91 Å². The van der Waals surface area contributed by atoms with Gasteiger partial charge in [0.2, 0.25) is 0 Å². The van der Waals surface area contributed by atoms with E-state index in [-0.39, 0.29) is 13.1 Å². The topological polar surface area (TPSA) is 86.3 Å². The number of hydrogen-bond acceptors (Lipinski definition) is 6. The van der Waals surface area contributed by atoms with Crippen molar-refractivity contribution in [2.45, 2.75) is 10.9 Å². The van der Waals surface area contributed by atoms with Crippen LogP contribution in [0, 0.1) is 5.82 Å². The second kappa shape index (κ2) is 7.96. The number of carbonyl (C=O) groups excluding carboxylic acids is 2. The van der Waals surface area contributed by atoms with Crippen LogP contribution in [0.25, 0.3) is 0 Å². The monoisotopic (exact) mass is 403 g/mol. The standard InChI is InChI=1S/C15H16Cl2FN5O3/c16-13(17)14(24)19-6-10-7-23(15(25)26-10)9-1-2-12(11(18)5-9)22-4-3-20-21-8-22/h1-2,5,8,10,13,20H,3-4,6-7H2,(H,19,24). The Balaban J connectivity index is 1.66. The molecule has 140 valence electrons. The number of hydrogen-bond donors (Lipinski definition) is 2. The Kier molecular flexibility index (Phi) is 5.67. The summed E-state index contributed by atoms with van der Waals surface area (Å²) in [7, 11) is 0. The van der Waals surface area contributed by atoms with Crippen molar-refractivity contribution in [2.75, 3.05) is 36.0 Å². The molecule has 0 bridgehead atoms. The molecule has 1 aromatic rings. The van der Waals surface area contributed by atoms with Crippen molar-refractivity contribution in [1.29, 1.82) is 0 Å². The van der Waals surface area contributed by atoms with Gasteiger partial charge < -0.3 is 20.4 Å². The van der Waals surface area contributed by atoms with Crippen LogP contribution < -0.4 is 20.5 Å². The summed E-state index contributed by atoms with van der Waals surface area (Å²) >= 11 is 10.9. The third-order valence-corrected chi connectivity index (χ3v) is 4.28. The minimum Gasteiger partial charge on any atom is -0.442 e. The summed E-state index contributed by atoms with van der Waals surface area (Å²) in [5, 5.41) is 6.36. The van der Waals surface area contributed by atoms with E-state index < -0.39 is 28.8 Å². The summed E-state index contributed by atoms with van der Waals surface area (Å²) < 4.78 is 19.6. The van der Waals surface area contributed by atoms with Crippen LogP contribution in [-0.2, 0) is 9.53 Å². The number of anilines is 2. The van der Waals surface area contributed by atoms with Gasteiger partial charge in [-0.3, -0.25) is 9.69 Å². The third-order valence-electron chi connectivity index (χ3n) is 3.88. The molecule has 2 heterocycles. The van der Waals surface area contributed by atoms with Crippen LogP contribution in [0.4, 0.5) is 20.6 Å². The molecule has 3 rings (SSSR count). The van der Waals surface area contributed by atoms with Gasteiger partial charge >= 0.3 is 6.09 Å². The number of rotatable bonds is 5. The fourth-order valence-electron chi connectivity index (χ4n) is 2.61. The van der Waals surface area contributed by atoms with Gasteiger partial charge in [-0.1, -0.05) is 23.2 Å². The van der Waals surface area contributed by atoms with Crippen LogP contribution in [0.1, 0.15) is 0 Å². The van der Waals surface area contributed by atoms with E-state index >= 15 is 0 Å². The van der Waals surface area contributed by atoms with Crippen molar-refractivity contribution in [3.63, 3.8) is 0 Å². The molecule has 0 aromatic heterocycles. The van der Waals surface area contributed by atoms with Gasteiger partial charge in [-0.2, -0.15) is 5.10 Å². The molecule has 0 radical (unpaired) electrons. The lowest BCUT2D eigenvalue weighted by Crippen LogP contribution is -2.37. The summed E-state index contributed by atoms with van der Waals surface area (Å²) in [6.07, 6.45) is 0.306. The molecule has 0 spiro atoms. The van der Waals surface area contributed by atoms with Gasteiger partial charge in [0.1, 0.15) is 18.3 Å². The highest BCUT2D eigenvalue weighted by Crippen LogP contribution is 2.27. The summed E-state index contributed by atoms with van der Waals surface area (Å²) in [5.74, 6) is -1.05. The number of nitrogens with zero attached hydrogens (tertiary/aromatic N) is 3. The summed E-state index contributed by atoms with van der Waals surface area (Å²) in [4.78, 5) is 25.2. The molecule has 1 saturated heterocycles. The number of ether oxygens (including phenoxy) is 1. The maximum atomic E-state index is 14.5. The lowest BCUT2D eigenvalue weighted by Gasteiger charge is -2.24. The average Bonchev–Trinajstić information content (AvgIpc) is 3.01. The molecule has 8 nitrogen and oxygen atoms in total. The fourth-order valence-corrected chi connectivity index (χ4v) is 2.77. The van der Waals surface area contributed by atoms with E-state index in [1.165, 1.54) is 17.3 Å². The Morgan fingerprint density at radius 2 is 2.31 bits per heavy atom. The molecule has 11 heteroatoms. The van der Waals surface area contributed by atoms with Crippen molar-refractivity contribution in [1.82, 2.24) is 10.7 Å². The zero-order valence-electron chi connectivity index (χ0n) is 13.5. The number of amides is 2. The molecule has 2 aliphatic heterocycles. The lowest BCUT2D eigenvalue weighted by molar-refractivity contribution is -0.119. The van der Waals surface area contributed by atoms with Gasteiger partial charge in [0, 0.05) is 6.54 Å². The van der Waals surface area contributed by atoms with E-state index in [9.17, 15) is 14.0 Å². The summed E-state index contributed by atoms with van der Waals surface area (Å²) in [6.45, 7) is 1.42. The van der Waals surface area contributed by atoms with Crippen molar-refractivity contribution in [2.24, 2.45) is 5.10 Å². The van der Waals surface area contributed by atoms with Gasteiger partial charge in [-0.05, 0) is 18.2 Å². The van der Waals surface area contributed by atoms with E-state index in [2.05, 4.69) is 15.8 Å². The largest absolute Gasteiger partial charge is 0.442 e. The minimum absolute atomic E-state index is 0.0643. The number of cyclic esters (lactones) is 1. The number of alkyl halides is 2. The van der Waals surface area contributed by atoms with Crippen LogP contribution in [0.15, 0.2) is 23.3 Å². The molecule has 1 fully saturated rings. The van der Waals surface area contributed by atoms with Gasteiger partial charge in [-0.25, -0.2) is 9.18 Å². The molecule has 0 aliphatic carbocycles. The molecular formula is C15H16Cl2FN5O3. The van der Waals surface area contributed by atoms with E-state index in [0.717, 1.165) is 0 Å². The smallest absolute Gasteiger partial charge is 0.414 e. The summed E-state index contributed by atoms with van der Waals surface area (Å²) in [6, 6.07) is 4.47. The average molecular weight is 404 g/mol. The molecule has 1 unspecified atom stereocenters. The van der Waals surface area contributed by atoms with Crippen molar-refractivity contribution >= 4 is 52.9 Å². The predicted molar refractivity (Wildman–Crippen MR) is 96.4 cm³/mol. The summed E-state index contributed by atoms with van der Waals surface area (Å²) in [5.41, 5.74) is 3.52. The highest BCUT2D eigenvalue weighted by atomic mass is 35.5. The normalized spacial score (nSPS) is 19.5. The van der Waals surface area contributed by atoms with Crippen LogP contribution >= 0.6 is 23.2 Å². The maximum absolute atomic E-state index is 14.5. The Labute approximate surface area is 158 Å². The second-order valence-electron chi connectivity index (χ2n) is 5.64. The number of hydrazone groups is 1. The number of nitrogens with one attached hydrogen (secondary N) is 2. The number of benzene rings is 1. The quantitative estimate of drug-likeness (QED) is 0.726. The van der Waals surface area contributed by atoms with Crippen molar-refractivity contribution < 1.29 is 18.7 Å². The first kappa shape index (κ1) is 18.5. The van der Waals surface area contributed by atoms with Crippen LogP contribution in [0.3, 0.4) is 0 Å². The minimum atomic E-state index is -1.20. The van der Waals surface area contributed by atoms with Crippen LogP contribution in [0.5, 0.6) is 0 Å². The lowest BCUT2D eigenvalue weighted by atomic mass is 10.2. The second-order valence-corrected chi connectivity index (χ2v) is 6.74. The molecular weight excluding hydrogens is 388 g/mol. The molecule has 26 heavy (non-hydrogen) atoms. The molecule has 2 aliphatic rings. The maximum Gasteiger partial charge on any atom is 0.414 e. The first-order valence-electron chi connectivity index (χ1n) is 7.82. The van der Waals surface area contributed by atoms with E-state index in [1.807, 2.05) is 0 Å². The highest BCUT2D eigenvalue weighted by molar-refractivity contribution is 6.53. The SMILES string of the molecule is O=C(NCC1CN(c2ccc(N3C=NNCC3)c(F)c2)C(=O)O1)C(Cl)Cl. The number of carbonyl (C=O) groups is 2. The van der Waals surface area contributed by atoms with E-state index in [0.29, 0.717) is 24.5 Å². The molecule has 1 atom stereocenters.